The molecule has 0 rings (SSSR count). The van der Waals surface area contributed by atoms with E-state index in [2.05, 4.69) is 0 Å². The Morgan fingerprint density at radius 3 is 2.60 bits per heavy atom. The highest BCUT2D eigenvalue weighted by atomic mass is 16.5. The summed E-state index contributed by atoms with van der Waals surface area (Å²) in [5.74, 6) is -0.0256. The molecule has 0 aliphatic rings. The van der Waals surface area contributed by atoms with E-state index < -0.39 is 0 Å². The SMILES string of the molecule is CCC(CC=O)CCC(=O)OCCC=O. The van der Waals surface area contributed by atoms with E-state index in [1.165, 1.54) is 0 Å². The van der Waals surface area contributed by atoms with E-state index in [0.29, 0.717) is 25.5 Å². The Bertz CT molecular complexity index is 201. The molecule has 0 heterocycles. The van der Waals surface area contributed by atoms with Gasteiger partial charge in [0.25, 0.3) is 0 Å². The first-order chi connectivity index (χ1) is 7.24. The average molecular weight is 214 g/mol. The van der Waals surface area contributed by atoms with Crippen molar-refractivity contribution in [1.82, 2.24) is 0 Å². The van der Waals surface area contributed by atoms with E-state index in [9.17, 15) is 14.4 Å². The van der Waals surface area contributed by atoms with Gasteiger partial charge in [-0.2, -0.15) is 0 Å². The van der Waals surface area contributed by atoms with Crippen LogP contribution in [0.2, 0.25) is 0 Å². The first kappa shape index (κ1) is 13.8. The molecular formula is C11H18O4. The van der Waals surface area contributed by atoms with Crippen LogP contribution in [0.4, 0.5) is 0 Å². The highest BCUT2D eigenvalue weighted by Gasteiger charge is 2.09. The minimum Gasteiger partial charge on any atom is -0.465 e. The lowest BCUT2D eigenvalue weighted by atomic mass is 9.97. The van der Waals surface area contributed by atoms with Gasteiger partial charge in [-0.05, 0) is 12.3 Å². The van der Waals surface area contributed by atoms with Crippen molar-refractivity contribution < 1.29 is 19.1 Å². The van der Waals surface area contributed by atoms with Crippen LogP contribution < -0.4 is 0 Å². The van der Waals surface area contributed by atoms with Crippen molar-refractivity contribution in [2.75, 3.05) is 6.61 Å². The second kappa shape index (κ2) is 9.37. The molecule has 0 N–H and O–H groups in total. The minimum atomic E-state index is -0.291. The fourth-order valence-electron chi connectivity index (χ4n) is 1.24. The molecule has 15 heavy (non-hydrogen) atoms. The van der Waals surface area contributed by atoms with Crippen LogP contribution in [0.25, 0.3) is 0 Å². The molecule has 0 amide bonds. The van der Waals surface area contributed by atoms with Gasteiger partial charge in [0, 0.05) is 19.3 Å². The predicted octanol–water partition coefficient (Wildman–Crippen LogP) is 1.51. The lowest BCUT2D eigenvalue weighted by molar-refractivity contribution is -0.144. The zero-order valence-electron chi connectivity index (χ0n) is 9.11. The second-order valence-electron chi connectivity index (χ2n) is 3.39. The maximum absolute atomic E-state index is 11.1. The lowest BCUT2D eigenvalue weighted by Gasteiger charge is -2.10. The quantitative estimate of drug-likeness (QED) is 0.331. The summed E-state index contributed by atoms with van der Waals surface area (Å²) in [6.07, 6.45) is 4.23. The summed E-state index contributed by atoms with van der Waals surface area (Å²) in [5.41, 5.74) is 0. The molecule has 0 spiro atoms. The summed E-state index contributed by atoms with van der Waals surface area (Å²) in [5, 5.41) is 0. The molecule has 0 aromatic heterocycles. The number of ether oxygens (including phenoxy) is 1. The van der Waals surface area contributed by atoms with Gasteiger partial charge in [0.15, 0.2) is 0 Å². The summed E-state index contributed by atoms with van der Waals surface area (Å²) in [6, 6.07) is 0. The third kappa shape index (κ3) is 7.85. The van der Waals surface area contributed by atoms with Gasteiger partial charge in [0.1, 0.15) is 12.6 Å². The molecule has 0 aromatic rings. The maximum atomic E-state index is 11.1. The van der Waals surface area contributed by atoms with E-state index in [1.807, 2.05) is 6.92 Å². The molecule has 1 atom stereocenters. The van der Waals surface area contributed by atoms with Gasteiger partial charge in [-0.15, -0.1) is 0 Å². The monoisotopic (exact) mass is 214 g/mol. The Balaban J connectivity index is 3.58. The van der Waals surface area contributed by atoms with Crippen LogP contribution in [0.1, 0.15) is 39.0 Å². The number of rotatable bonds is 9. The predicted molar refractivity (Wildman–Crippen MR) is 55.3 cm³/mol. The van der Waals surface area contributed by atoms with Crippen LogP contribution in [0.5, 0.6) is 0 Å². The zero-order valence-corrected chi connectivity index (χ0v) is 9.11. The Morgan fingerprint density at radius 1 is 1.33 bits per heavy atom. The number of hydrogen-bond donors (Lipinski definition) is 0. The molecule has 4 heteroatoms. The van der Waals surface area contributed by atoms with E-state index in [1.54, 1.807) is 0 Å². The van der Waals surface area contributed by atoms with Crippen LogP contribution in [0.3, 0.4) is 0 Å². The van der Waals surface area contributed by atoms with E-state index in [4.69, 9.17) is 4.74 Å². The summed E-state index contributed by atoms with van der Waals surface area (Å²) < 4.78 is 4.80. The van der Waals surface area contributed by atoms with Crippen LogP contribution in [0.15, 0.2) is 0 Å². The third-order valence-corrected chi connectivity index (χ3v) is 2.26. The van der Waals surface area contributed by atoms with Crippen molar-refractivity contribution in [3.8, 4) is 0 Å². The molecule has 1 unspecified atom stereocenters. The molecule has 0 saturated carbocycles. The fourth-order valence-corrected chi connectivity index (χ4v) is 1.24. The molecule has 0 bridgehead atoms. The maximum Gasteiger partial charge on any atom is 0.305 e. The van der Waals surface area contributed by atoms with E-state index >= 15 is 0 Å². The number of carbonyl (C=O) groups excluding carboxylic acids is 3. The standard InChI is InChI=1S/C11H18O4/c1-2-10(6-8-13)4-5-11(14)15-9-3-7-12/h7-8,10H,2-6,9H2,1H3. The molecule has 0 fully saturated rings. The normalized spacial score (nSPS) is 11.8. The van der Waals surface area contributed by atoms with Gasteiger partial charge >= 0.3 is 5.97 Å². The Morgan fingerprint density at radius 2 is 2.07 bits per heavy atom. The third-order valence-electron chi connectivity index (χ3n) is 2.26. The van der Waals surface area contributed by atoms with Crippen LogP contribution in [-0.4, -0.2) is 25.1 Å². The van der Waals surface area contributed by atoms with Crippen molar-refractivity contribution in [1.29, 1.82) is 0 Å². The lowest BCUT2D eigenvalue weighted by Crippen LogP contribution is -2.09. The minimum absolute atomic E-state index is 0.160. The van der Waals surface area contributed by atoms with Crippen LogP contribution in [-0.2, 0) is 19.1 Å². The molecule has 0 aliphatic heterocycles. The van der Waals surface area contributed by atoms with Crippen molar-refractivity contribution in [2.24, 2.45) is 5.92 Å². The van der Waals surface area contributed by atoms with Crippen molar-refractivity contribution in [3.63, 3.8) is 0 Å². The van der Waals surface area contributed by atoms with Gasteiger partial charge in [-0.25, -0.2) is 0 Å². The van der Waals surface area contributed by atoms with Gasteiger partial charge in [0.2, 0.25) is 0 Å². The largest absolute Gasteiger partial charge is 0.465 e. The van der Waals surface area contributed by atoms with Gasteiger partial charge in [-0.3, -0.25) is 4.79 Å². The highest BCUT2D eigenvalue weighted by Crippen LogP contribution is 2.14. The summed E-state index contributed by atoms with van der Waals surface area (Å²) in [4.78, 5) is 31.3. The van der Waals surface area contributed by atoms with Crippen molar-refractivity contribution in [3.05, 3.63) is 0 Å². The molecule has 86 valence electrons. The Hall–Kier alpha value is -1.19. The molecule has 4 nitrogen and oxygen atoms in total. The van der Waals surface area contributed by atoms with Gasteiger partial charge < -0.3 is 14.3 Å². The number of esters is 1. The number of aldehydes is 2. The first-order valence-corrected chi connectivity index (χ1v) is 5.27. The van der Waals surface area contributed by atoms with Crippen molar-refractivity contribution >= 4 is 18.5 Å². The van der Waals surface area contributed by atoms with Gasteiger partial charge in [0.05, 0.1) is 6.61 Å². The second-order valence-corrected chi connectivity index (χ2v) is 3.39. The molecular weight excluding hydrogens is 196 g/mol. The molecule has 0 saturated heterocycles. The summed E-state index contributed by atoms with van der Waals surface area (Å²) in [6.45, 7) is 2.15. The zero-order chi connectivity index (χ0) is 11.5. The Kier molecular flexibility index (Phi) is 8.63. The number of carbonyl (C=O) groups is 3. The average Bonchev–Trinajstić information content (AvgIpc) is 2.24. The van der Waals surface area contributed by atoms with E-state index in [0.717, 1.165) is 12.7 Å². The van der Waals surface area contributed by atoms with E-state index in [-0.39, 0.29) is 24.9 Å². The van der Waals surface area contributed by atoms with Crippen molar-refractivity contribution in [2.45, 2.75) is 39.0 Å². The first-order valence-electron chi connectivity index (χ1n) is 5.27. The van der Waals surface area contributed by atoms with Gasteiger partial charge in [-0.1, -0.05) is 13.3 Å². The summed E-state index contributed by atoms with van der Waals surface area (Å²) >= 11 is 0. The van der Waals surface area contributed by atoms with Crippen LogP contribution >= 0.6 is 0 Å². The summed E-state index contributed by atoms with van der Waals surface area (Å²) in [7, 11) is 0. The highest BCUT2D eigenvalue weighted by molar-refractivity contribution is 5.69. The topological polar surface area (TPSA) is 60.4 Å². The number of hydrogen-bond acceptors (Lipinski definition) is 4. The fraction of sp³-hybridized carbons (Fsp3) is 0.727. The van der Waals surface area contributed by atoms with Crippen LogP contribution in [0, 0.1) is 5.92 Å². The Labute approximate surface area is 90.0 Å². The molecule has 0 aliphatic carbocycles. The molecule has 0 radical (unpaired) electrons. The smallest absolute Gasteiger partial charge is 0.305 e. The molecule has 0 aromatic carbocycles.